The topological polar surface area (TPSA) is 66.5 Å². The van der Waals surface area contributed by atoms with E-state index in [9.17, 15) is 14.4 Å². The first-order valence-electron chi connectivity index (χ1n) is 13.0. The molecule has 4 atom stereocenters. The van der Waals surface area contributed by atoms with Crippen molar-refractivity contribution >= 4 is 62.5 Å². The maximum absolute atomic E-state index is 14.7. The average molecular weight is 610 g/mol. The Balaban J connectivity index is 1.54. The lowest BCUT2D eigenvalue weighted by Crippen LogP contribution is -2.51. The Morgan fingerprint density at radius 1 is 0.850 bits per heavy atom. The number of ketones is 2. The van der Waals surface area contributed by atoms with Gasteiger partial charge in [0.25, 0.3) is 0 Å². The van der Waals surface area contributed by atoms with Crippen LogP contribution in [-0.4, -0.2) is 29.6 Å². The third-order valence-corrected chi connectivity index (χ3v) is 9.10. The molecule has 40 heavy (non-hydrogen) atoms. The van der Waals surface area contributed by atoms with Gasteiger partial charge in [-0.25, -0.2) is 0 Å². The van der Waals surface area contributed by atoms with Crippen LogP contribution in [0.25, 0.3) is 6.08 Å². The smallest absolute Gasteiger partial charge is 0.238 e. The van der Waals surface area contributed by atoms with Crippen molar-refractivity contribution in [2.45, 2.75) is 17.5 Å². The second kappa shape index (κ2) is 9.29. The zero-order chi connectivity index (χ0) is 27.6. The van der Waals surface area contributed by atoms with Crippen LogP contribution in [0.3, 0.4) is 0 Å². The van der Waals surface area contributed by atoms with Gasteiger partial charge in [0.05, 0.1) is 12.0 Å². The number of hydrogen-bond acceptors (Lipinski definition) is 4. The van der Waals surface area contributed by atoms with Crippen LogP contribution in [-0.2, 0) is 10.2 Å². The molecule has 3 aliphatic rings. The van der Waals surface area contributed by atoms with Crippen molar-refractivity contribution in [2.24, 2.45) is 5.92 Å². The zero-order valence-corrected chi connectivity index (χ0v) is 23.4. The minimum atomic E-state index is -1.34. The highest BCUT2D eigenvalue weighted by atomic mass is 79.9. The van der Waals surface area contributed by atoms with E-state index in [2.05, 4.69) is 21.2 Å². The summed E-state index contributed by atoms with van der Waals surface area (Å²) in [5.41, 5.74) is 2.54. The van der Waals surface area contributed by atoms with Crippen LogP contribution in [0.4, 0.5) is 11.4 Å². The highest BCUT2D eigenvalue weighted by molar-refractivity contribution is 9.10. The molecule has 1 amide bonds. The third-order valence-electron chi connectivity index (χ3n) is 8.33. The van der Waals surface area contributed by atoms with Gasteiger partial charge >= 0.3 is 0 Å². The van der Waals surface area contributed by atoms with E-state index in [-0.39, 0.29) is 17.5 Å². The van der Waals surface area contributed by atoms with Crippen molar-refractivity contribution in [2.75, 3.05) is 10.2 Å². The van der Waals surface area contributed by atoms with Crippen LogP contribution in [0, 0.1) is 5.92 Å². The highest BCUT2D eigenvalue weighted by Gasteiger charge is 2.70. The summed E-state index contributed by atoms with van der Waals surface area (Å²) in [6.07, 6.45) is 3.88. The summed E-state index contributed by atoms with van der Waals surface area (Å²) in [7, 11) is 0. The number of carbonyl (C=O) groups excluding carboxylic acids is 3. The Labute approximate surface area is 244 Å². The quantitative estimate of drug-likeness (QED) is 0.254. The maximum Gasteiger partial charge on any atom is 0.238 e. The minimum absolute atomic E-state index is 0.225. The Kier molecular flexibility index (Phi) is 5.81. The number of hydrogen-bond donors (Lipinski definition) is 1. The molecule has 5 nitrogen and oxygen atoms in total. The zero-order valence-electron chi connectivity index (χ0n) is 21.1. The van der Waals surface area contributed by atoms with Crippen molar-refractivity contribution in [1.29, 1.82) is 0 Å². The molecule has 0 aliphatic carbocycles. The number of fused-ring (bicyclic) bond motifs is 6. The standard InChI is InChI=1S/C33H22BrClN2O3/c34-22-13-10-20(11-14-22)31(39)29-28(30(38)19-6-2-1-3-7-19)33(24-8-4-5-9-25(24)36-32(33)40)27-17-12-21-18-23(35)15-16-26(21)37(27)29/h1-18,27-29H,(H,36,40)/t27-,28+,29-,33+/m1/s1. The number of rotatable bonds is 4. The van der Waals surface area contributed by atoms with Gasteiger partial charge in [-0.2, -0.15) is 0 Å². The third kappa shape index (κ3) is 3.49. The molecule has 0 saturated carbocycles. The number of para-hydroxylation sites is 1. The monoisotopic (exact) mass is 608 g/mol. The lowest BCUT2D eigenvalue weighted by Gasteiger charge is -2.37. The molecule has 4 aromatic carbocycles. The minimum Gasteiger partial charge on any atom is -0.352 e. The van der Waals surface area contributed by atoms with E-state index in [4.69, 9.17) is 11.6 Å². The van der Waals surface area contributed by atoms with Gasteiger partial charge < -0.3 is 10.2 Å². The van der Waals surface area contributed by atoms with E-state index < -0.39 is 23.4 Å². The lowest BCUT2D eigenvalue weighted by molar-refractivity contribution is -0.121. The van der Waals surface area contributed by atoms with Gasteiger partial charge in [-0.15, -0.1) is 0 Å². The molecule has 0 radical (unpaired) electrons. The Morgan fingerprint density at radius 2 is 1.55 bits per heavy atom. The average Bonchev–Trinajstić information content (AvgIpc) is 3.45. The van der Waals surface area contributed by atoms with E-state index in [1.54, 1.807) is 42.5 Å². The van der Waals surface area contributed by atoms with Crippen molar-refractivity contribution in [3.8, 4) is 0 Å². The summed E-state index contributed by atoms with van der Waals surface area (Å²) in [6.45, 7) is 0. The maximum atomic E-state index is 14.7. The Morgan fingerprint density at radius 3 is 2.33 bits per heavy atom. The van der Waals surface area contributed by atoms with Crippen LogP contribution < -0.4 is 10.2 Å². The summed E-state index contributed by atoms with van der Waals surface area (Å²) >= 11 is 9.81. The van der Waals surface area contributed by atoms with Gasteiger partial charge in [-0.1, -0.05) is 100 Å². The molecular formula is C33H22BrClN2O3. The van der Waals surface area contributed by atoms with Gasteiger partial charge in [0.15, 0.2) is 11.6 Å². The van der Waals surface area contributed by atoms with Crippen LogP contribution in [0.1, 0.15) is 31.8 Å². The number of amides is 1. The van der Waals surface area contributed by atoms with Crippen molar-refractivity contribution < 1.29 is 14.4 Å². The summed E-state index contributed by atoms with van der Waals surface area (Å²) < 4.78 is 0.840. The molecule has 1 fully saturated rings. The van der Waals surface area contributed by atoms with E-state index in [0.29, 0.717) is 21.8 Å². The summed E-state index contributed by atoms with van der Waals surface area (Å²) in [4.78, 5) is 45.6. The molecule has 1 saturated heterocycles. The first-order valence-corrected chi connectivity index (χ1v) is 14.1. The molecule has 1 N–H and O–H groups in total. The molecule has 3 heterocycles. The number of benzene rings is 4. The van der Waals surface area contributed by atoms with Crippen LogP contribution >= 0.6 is 27.5 Å². The summed E-state index contributed by atoms with van der Waals surface area (Å²) in [5, 5.41) is 3.61. The molecule has 7 rings (SSSR count). The SMILES string of the molecule is O=C(c1ccccc1)[C@@H]1[C@H](C(=O)c2ccc(Br)cc2)N2c3ccc(Cl)cc3C=C[C@@H]2[C@]12C(=O)Nc1ccccc12. The number of anilines is 2. The molecule has 0 aromatic heterocycles. The van der Waals surface area contributed by atoms with E-state index in [0.717, 1.165) is 21.3 Å². The van der Waals surface area contributed by atoms with Gasteiger partial charge in [-0.3, -0.25) is 14.4 Å². The van der Waals surface area contributed by atoms with Gasteiger partial charge in [0.1, 0.15) is 11.5 Å². The van der Waals surface area contributed by atoms with E-state index in [1.807, 2.05) is 71.6 Å². The largest absolute Gasteiger partial charge is 0.352 e. The first kappa shape index (κ1) is 25.0. The molecule has 0 bridgehead atoms. The number of nitrogens with one attached hydrogen (secondary N) is 1. The fourth-order valence-electron chi connectivity index (χ4n) is 6.72. The second-order valence-corrected chi connectivity index (χ2v) is 11.7. The summed E-state index contributed by atoms with van der Waals surface area (Å²) in [5.74, 6) is -1.77. The predicted molar refractivity (Wildman–Crippen MR) is 160 cm³/mol. The normalized spacial score (nSPS) is 23.9. The summed E-state index contributed by atoms with van der Waals surface area (Å²) in [6, 6.07) is 27.5. The highest BCUT2D eigenvalue weighted by Crippen LogP contribution is 2.58. The molecule has 3 aliphatic heterocycles. The predicted octanol–water partition coefficient (Wildman–Crippen LogP) is 6.96. The van der Waals surface area contributed by atoms with Crippen LogP contribution in [0.15, 0.2) is 108 Å². The van der Waals surface area contributed by atoms with Crippen molar-refractivity contribution in [1.82, 2.24) is 0 Å². The van der Waals surface area contributed by atoms with Crippen LogP contribution in [0.2, 0.25) is 5.02 Å². The number of halogens is 2. The van der Waals surface area contributed by atoms with E-state index in [1.165, 1.54) is 0 Å². The Bertz CT molecular complexity index is 1740. The van der Waals surface area contributed by atoms with Crippen molar-refractivity contribution in [3.05, 3.63) is 135 Å². The fourth-order valence-corrected chi connectivity index (χ4v) is 7.16. The molecule has 0 unspecified atom stereocenters. The first-order chi connectivity index (χ1) is 19.4. The molecule has 4 aromatic rings. The Hall–Kier alpha value is -4.00. The molecular weight excluding hydrogens is 588 g/mol. The van der Waals surface area contributed by atoms with Gasteiger partial charge in [0, 0.05) is 32.0 Å². The molecule has 196 valence electrons. The van der Waals surface area contributed by atoms with Gasteiger partial charge in [-0.05, 0) is 47.5 Å². The van der Waals surface area contributed by atoms with Gasteiger partial charge in [0.2, 0.25) is 5.91 Å². The lowest BCUT2D eigenvalue weighted by atomic mass is 9.64. The fraction of sp³-hybridized carbons (Fsp3) is 0.121. The van der Waals surface area contributed by atoms with Crippen LogP contribution in [0.5, 0.6) is 0 Å². The number of Topliss-reactive ketones (excluding diaryl/α,β-unsaturated/α-hetero) is 2. The number of nitrogens with zero attached hydrogens (tertiary/aromatic N) is 1. The molecule has 7 heteroatoms. The molecule has 1 spiro atoms. The number of carbonyl (C=O) groups is 3. The van der Waals surface area contributed by atoms with E-state index >= 15 is 0 Å². The second-order valence-electron chi connectivity index (χ2n) is 10.3. The van der Waals surface area contributed by atoms with Crippen molar-refractivity contribution in [3.63, 3.8) is 0 Å².